The molecule has 3 heteroatoms. The minimum atomic E-state index is -2.38. The van der Waals surface area contributed by atoms with Crippen molar-refractivity contribution in [1.82, 2.24) is 4.90 Å². The van der Waals surface area contributed by atoms with Gasteiger partial charge in [-0.15, -0.1) is 0 Å². The number of halogens is 2. The number of piperidine rings is 1. The van der Waals surface area contributed by atoms with Gasteiger partial charge in [0.1, 0.15) is 0 Å². The predicted octanol–water partition coefficient (Wildman–Crippen LogP) is 4.08. The van der Waals surface area contributed by atoms with Crippen molar-refractivity contribution >= 4 is 0 Å². The third kappa shape index (κ3) is 3.18. The zero-order chi connectivity index (χ0) is 12.5. The van der Waals surface area contributed by atoms with Gasteiger partial charge in [-0.2, -0.15) is 0 Å². The SMILES string of the molecule is CN1CCCCC1(C)CC1CCC(F)(F)CC1. The smallest absolute Gasteiger partial charge is 0.248 e. The first-order valence-corrected chi connectivity index (χ1v) is 7.00. The van der Waals surface area contributed by atoms with E-state index in [-0.39, 0.29) is 18.4 Å². The molecule has 1 saturated heterocycles. The Morgan fingerprint density at radius 1 is 1.12 bits per heavy atom. The van der Waals surface area contributed by atoms with E-state index in [0.717, 1.165) is 19.3 Å². The maximum Gasteiger partial charge on any atom is 0.248 e. The molecule has 0 spiro atoms. The normalized spacial score (nSPS) is 36.0. The summed E-state index contributed by atoms with van der Waals surface area (Å²) in [5.41, 5.74) is 0.259. The molecular weight excluding hydrogens is 220 g/mol. The second kappa shape index (κ2) is 4.83. The Kier molecular flexibility index (Phi) is 3.77. The summed E-state index contributed by atoms with van der Waals surface area (Å²) in [7, 11) is 2.19. The molecule has 17 heavy (non-hydrogen) atoms. The summed E-state index contributed by atoms with van der Waals surface area (Å²) in [6.07, 6.45) is 6.58. The average Bonchev–Trinajstić information content (AvgIpc) is 2.26. The number of hydrogen-bond donors (Lipinski definition) is 0. The number of hydrogen-bond acceptors (Lipinski definition) is 1. The van der Waals surface area contributed by atoms with E-state index >= 15 is 0 Å². The van der Waals surface area contributed by atoms with E-state index in [9.17, 15) is 8.78 Å². The summed E-state index contributed by atoms with van der Waals surface area (Å²) in [4.78, 5) is 2.45. The van der Waals surface area contributed by atoms with E-state index in [1.165, 1.54) is 25.8 Å². The first-order chi connectivity index (χ1) is 7.91. The zero-order valence-corrected chi connectivity index (χ0v) is 11.1. The van der Waals surface area contributed by atoms with Gasteiger partial charge in [0, 0.05) is 18.4 Å². The van der Waals surface area contributed by atoms with Crippen LogP contribution < -0.4 is 0 Å². The molecule has 1 atom stereocenters. The lowest BCUT2D eigenvalue weighted by molar-refractivity contribution is -0.0540. The van der Waals surface area contributed by atoms with Crippen LogP contribution in [0, 0.1) is 5.92 Å². The van der Waals surface area contributed by atoms with Crippen molar-refractivity contribution in [2.45, 2.75) is 69.8 Å². The Labute approximate surface area is 104 Å². The first kappa shape index (κ1) is 13.3. The maximum atomic E-state index is 13.1. The van der Waals surface area contributed by atoms with E-state index in [4.69, 9.17) is 0 Å². The number of nitrogens with zero attached hydrogens (tertiary/aromatic N) is 1. The van der Waals surface area contributed by atoms with Gasteiger partial charge in [-0.1, -0.05) is 6.42 Å². The van der Waals surface area contributed by atoms with Crippen LogP contribution in [0.1, 0.15) is 58.3 Å². The fraction of sp³-hybridized carbons (Fsp3) is 1.00. The molecule has 2 aliphatic rings. The van der Waals surface area contributed by atoms with Gasteiger partial charge in [0.05, 0.1) is 0 Å². The van der Waals surface area contributed by atoms with Crippen LogP contribution in [0.4, 0.5) is 8.78 Å². The van der Waals surface area contributed by atoms with Gasteiger partial charge in [0.2, 0.25) is 5.92 Å². The number of likely N-dealkylation sites (tertiary alicyclic amines) is 1. The summed E-state index contributed by atoms with van der Waals surface area (Å²) in [5, 5.41) is 0. The van der Waals surface area contributed by atoms with Crippen molar-refractivity contribution in [3.63, 3.8) is 0 Å². The van der Waals surface area contributed by atoms with Gasteiger partial charge in [-0.05, 0) is 58.5 Å². The van der Waals surface area contributed by atoms with Gasteiger partial charge in [0.15, 0.2) is 0 Å². The molecule has 1 aliphatic carbocycles. The summed E-state index contributed by atoms with van der Waals surface area (Å²) in [5.74, 6) is -1.87. The summed E-state index contributed by atoms with van der Waals surface area (Å²) in [6, 6.07) is 0. The van der Waals surface area contributed by atoms with Gasteiger partial charge in [0.25, 0.3) is 0 Å². The van der Waals surface area contributed by atoms with Gasteiger partial charge >= 0.3 is 0 Å². The van der Waals surface area contributed by atoms with Crippen LogP contribution in [-0.4, -0.2) is 30.0 Å². The molecule has 1 saturated carbocycles. The molecule has 1 aliphatic heterocycles. The van der Waals surface area contributed by atoms with Crippen molar-refractivity contribution in [2.24, 2.45) is 5.92 Å². The Morgan fingerprint density at radius 3 is 2.35 bits per heavy atom. The highest BCUT2D eigenvalue weighted by Crippen LogP contribution is 2.42. The van der Waals surface area contributed by atoms with Crippen molar-refractivity contribution in [2.75, 3.05) is 13.6 Å². The molecular formula is C14H25F2N. The molecule has 1 unspecified atom stereocenters. The number of alkyl halides is 2. The Hall–Kier alpha value is -0.180. The van der Waals surface area contributed by atoms with Crippen molar-refractivity contribution < 1.29 is 8.78 Å². The lowest BCUT2D eigenvalue weighted by Gasteiger charge is -2.45. The largest absolute Gasteiger partial charge is 0.301 e. The van der Waals surface area contributed by atoms with E-state index in [2.05, 4.69) is 18.9 Å². The second-order valence-electron chi connectivity index (χ2n) is 6.38. The summed E-state index contributed by atoms with van der Waals surface area (Å²) < 4.78 is 26.2. The molecule has 1 nitrogen and oxygen atoms in total. The molecule has 0 amide bonds. The van der Waals surface area contributed by atoms with Crippen LogP contribution in [0.25, 0.3) is 0 Å². The molecule has 0 aromatic heterocycles. The Balaban J connectivity index is 1.88. The molecule has 0 aromatic carbocycles. The van der Waals surface area contributed by atoms with Crippen molar-refractivity contribution in [1.29, 1.82) is 0 Å². The van der Waals surface area contributed by atoms with Crippen LogP contribution in [0.15, 0.2) is 0 Å². The van der Waals surface area contributed by atoms with E-state index in [1.807, 2.05) is 0 Å². The van der Waals surface area contributed by atoms with Crippen LogP contribution in [0.5, 0.6) is 0 Å². The molecule has 2 rings (SSSR count). The van der Waals surface area contributed by atoms with Crippen LogP contribution in [0.2, 0.25) is 0 Å². The van der Waals surface area contributed by atoms with Crippen molar-refractivity contribution in [3.8, 4) is 0 Å². The third-order valence-corrected chi connectivity index (χ3v) is 4.95. The Morgan fingerprint density at radius 2 is 1.76 bits per heavy atom. The molecule has 2 fully saturated rings. The second-order valence-corrected chi connectivity index (χ2v) is 6.38. The van der Waals surface area contributed by atoms with Crippen LogP contribution in [0.3, 0.4) is 0 Å². The Bertz CT molecular complexity index is 257. The molecule has 100 valence electrons. The van der Waals surface area contributed by atoms with E-state index in [0.29, 0.717) is 5.92 Å². The van der Waals surface area contributed by atoms with Gasteiger partial charge in [-0.25, -0.2) is 8.78 Å². The number of rotatable bonds is 2. The topological polar surface area (TPSA) is 3.24 Å². The summed E-state index contributed by atoms with van der Waals surface area (Å²) in [6.45, 7) is 3.48. The standard InChI is InChI=1S/C14H25F2N/c1-13(7-3-4-10-17(13)2)11-12-5-8-14(15,16)9-6-12/h12H,3-11H2,1-2H3. The lowest BCUT2D eigenvalue weighted by atomic mass is 9.75. The monoisotopic (exact) mass is 245 g/mol. The first-order valence-electron chi connectivity index (χ1n) is 7.00. The lowest BCUT2D eigenvalue weighted by Crippen LogP contribution is -2.48. The van der Waals surface area contributed by atoms with Crippen LogP contribution in [-0.2, 0) is 0 Å². The maximum absolute atomic E-state index is 13.1. The highest BCUT2D eigenvalue weighted by Gasteiger charge is 2.39. The third-order valence-electron chi connectivity index (χ3n) is 4.95. The van der Waals surface area contributed by atoms with Crippen LogP contribution >= 0.6 is 0 Å². The summed E-state index contributed by atoms with van der Waals surface area (Å²) >= 11 is 0. The van der Waals surface area contributed by atoms with E-state index in [1.54, 1.807) is 0 Å². The van der Waals surface area contributed by atoms with Gasteiger partial charge < -0.3 is 4.90 Å². The van der Waals surface area contributed by atoms with E-state index < -0.39 is 5.92 Å². The molecule has 0 bridgehead atoms. The molecule has 1 heterocycles. The highest BCUT2D eigenvalue weighted by atomic mass is 19.3. The highest BCUT2D eigenvalue weighted by molar-refractivity contribution is 4.91. The van der Waals surface area contributed by atoms with Crippen molar-refractivity contribution in [3.05, 3.63) is 0 Å². The molecule has 0 radical (unpaired) electrons. The minimum absolute atomic E-state index is 0.109. The molecule has 0 aromatic rings. The average molecular weight is 245 g/mol. The predicted molar refractivity (Wildman–Crippen MR) is 66.4 cm³/mol. The zero-order valence-electron chi connectivity index (χ0n) is 11.1. The molecule has 0 N–H and O–H groups in total. The minimum Gasteiger partial charge on any atom is -0.301 e. The quantitative estimate of drug-likeness (QED) is 0.708. The fourth-order valence-electron chi connectivity index (χ4n) is 3.50. The van der Waals surface area contributed by atoms with Gasteiger partial charge in [-0.3, -0.25) is 0 Å². The fourth-order valence-corrected chi connectivity index (χ4v) is 3.50.